The first-order valence-corrected chi connectivity index (χ1v) is 13.0. The number of carbonyl (C=O) groups excluding carboxylic acids is 2. The van der Waals surface area contributed by atoms with Crippen molar-refractivity contribution < 1.29 is 14.3 Å². The van der Waals surface area contributed by atoms with E-state index in [2.05, 4.69) is 26.1 Å². The molecule has 1 heterocycles. The number of benzene rings is 2. The monoisotopic (exact) mass is 509 g/mol. The lowest BCUT2D eigenvalue weighted by atomic mass is 9.90. The van der Waals surface area contributed by atoms with Gasteiger partial charge in [0.1, 0.15) is 0 Å². The highest BCUT2D eigenvalue weighted by Crippen LogP contribution is 2.39. The second-order valence-corrected chi connectivity index (χ2v) is 10.0. The molecule has 0 spiro atoms. The molecular formula is C27H35N5O3S. The molecule has 3 amide bonds. The molecular weight excluding hydrogens is 474 g/mol. The summed E-state index contributed by atoms with van der Waals surface area (Å²) in [6.07, 6.45) is 7.54. The van der Waals surface area contributed by atoms with Crippen LogP contribution in [0.5, 0.6) is 0 Å². The minimum Gasteiger partial charge on any atom is -0.447 e. The van der Waals surface area contributed by atoms with Crippen molar-refractivity contribution in [2.45, 2.75) is 64.5 Å². The van der Waals surface area contributed by atoms with Crippen LogP contribution in [0.25, 0.3) is 10.4 Å². The Morgan fingerprint density at radius 2 is 1.83 bits per heavy atom. The Labute approximate surface area is 216 Å². The number of amides is 3. The largest absolute Gasteiger partial charge is 0.447 e. The van der Waals surface area contributed by atoms with Crippen molar-refractivity contribution in [1.29, 1.82) is 0 Å². The molecule has 1 fully saturated rings. The number of hydrogen-bond acceptors (Lipinski definition) is 6. The SMILES string of the molecule is CC(C)OC(N)=O.Nc1cc(NC(=O)NCc2ccccc2)ccc1-c1cnc(C2CCCCC2)s1. The number of rotatable bonds is 6. The van der Waals surface area contributed by atoms with Gasteiger partial charge in [0.25, 0.3) is 0 Å². The summed E-state index contributed by atoms with van der Waals surface area (Å²) in [7, 11) is 0. The molecule has 0 aliphatic heterocycles. The topological polar surface area (TPSA) is 132 Å². The Hall–Kier alpha value is -3.59. The highest BCUT2D eigenvalue weighted by Gasteiger charge is 2.19. The van der Waals surface area contributed by atoms with E-state index in [1.807, 2.05) is 48.7 Å². The van der Waals surface area contributed by atoms with E-state index in [4.69, 9.17) is 5.73 Å². The van der Waals surface area contributed by atoms with Crippen LogP contribution in [0.3, 0.4) is 0 Å². The Kier molecular flexibility index (Phi) is 10.1. The lowest BCUT2D eigenvalue weighted by Gasteiger charge is -2.18. The minimum absolute atomic E-state index is 0.0995. The van der Waals surface area contributed by atoms with Crippen LogP contribution in [0.1, 0.15) is 62.4 Å². The summed E-state index contributed by atoms with van der Waals surface area (Å²) in [6.45, 7) is 3.96. The van der Waals surface area contributed by atoms with Gasteiger partial charge in [-0.3, -0.25) is 0 Å². The van der Waals surface area contributed by atoms with Gasteiger partial charge >= 0.3 is 12.1 Å². The molecule has 8 nitrogen and oxygen atoms in total. The molecule has 36 heavy (non-hydrogen) atoms. The van der Waals surface area contributed by atoms with Gasteiger partial charge in [0.05, 0.1) is 16.0 Å². The smallest absolute Gasteiger partial charge is 0.404 e. The zero-order valence-electron chi connectivity index (χ0n) is 20.8. The standard InChI is InChI=1S/C23H26N4OS.C4H9NO2/c24-20-13-18(27-23(28)26-14-16-7-3-1-4-8-16)11-12-19(20)21-15-25-22(29-21)17-9-5-2-6-10-17;1-3(2)7-4(5)6/h1,3-4,7-8,11-13,15,17H,2,5-6,9-10,14,24H2,(H2,26,27,28);3H,1-2H3,(H2,5,6). The number of primary amides is 1. The number of nitrogens with one attached hydrogen (secondary N) is 2. The second-order valence-electron chi connectivity index (χ2n) is 8.98. The van der Waals surface area contributed by atoms with Crippen LogP contribution < -0.4 is 22.1 Å². The fraction of sp³-hybridized carbons (Fsp3) is 0.370. The Morgan fingerprint density at radius 1 is 1.11 bits per heavy atom. The first kappa shape index (κ1) is 27.0. The zero-order chi connectivity index (χ0) is 25.9. The first-order valence-electron chi connectivity index (χ1n) is 12.2. The Bertz CT molecular complexity index is 1130. The summed E-state index contributed by atoms with van der Waals surface area (Å²) in [5.74, 6) is 0.595. The molecule has 1 saturated carbocycles. The number of urea groups is 1. The van der Waals surface area contributed by atoms with E-state index in [9.17, 15) is 9.59 Å². The molecule has 1 aromatic heterocycles. The van der Waals surface area contributed by atoms with Crippen molar-refractivity contribution in [2.24, 2.45) is 5.73 Å². The number of anilines is 2. The van der Waals surface area contributed by atoms with Crippen LogP contribution in [-0.2, 0) is 11.3 Å². The molecule has 2 aromatic carbocycles. The van der Waals surface area contributed by atoms with E-state index in [1.54, 1.807) is 31.3 Å². The second kappa shape index (κ2) is 13.5. The van der Waals surface area contributed by atoms with Crippen molar-refractivity contribution in [3.05, 3.63) is 65.3 Å². The van der Waals surface area contributed by atoms with Crippen molar-refractivity contribution >= 4 is 34.8 Å². The third-order valence-corrected chi connectivity index (χ3v) is 6.89. The fourth-order valence-corrected chi connectivity index (χ4v) is 5.14. The van der Waals surface area contributed by atoms with E-state index in [0.29, 0.717) is 23.8 Å². The molecule has 0 atom stereocenters. The molecule has 9 heteroatoms. The van der Waals surface area contributed by atoms with E-state index >= 15 is 0 Å². The predicted molar refractivity (Wildman–Crippen MR) is 146 cm³/mol. The summed E-state index contributed by atoms with van der Waals surface area (Å²) >= 11 is 1.74. The number of nitrogens with two attached hydrogens (primary N) is 2. The van der Waals surface area contributed by atoms with Crippen LogP contribution in [0.15, 0.2) is 54.7 Å². The number of nitrogens with zero attached hydrogens (tertiary/aromatic N) is 1. The third kappa shape index (κ3) is 8.57. The van der Waals surface area contributed by atoms with Gasteiger partial charge in [-0.2, -0.15) is 0 Å². The van der Waals surface area contributed by atoms with Gasteiger partial charge < -0.3 is 26.8 Å². The molecule has 1 aliphatic rings. The van der Waals surface area contributed by atoms with E-state index in [-0.39, 0.29) is 12.1 Å². The van der Waals surface area contributed by atoms with Crippen LogP contribution in [-0.4, -0.2) is 23.2 Å². The summed E-state index contributed by atoms with van der Waals surface area (Å²) in [5.41, 5.74) is 14.3. The fourth-order valence-electron chi connectivity index (χ4n) is 4.00. The van der Waals surface area contributed by atoms with E-state index in [0.717, 1.165) is 16.0 Å². The van der Waals surface area contributed by atoms with Crippen molar-refractivity contribution in [3.8, 4) is 10.4 Å². The van der Waals surface area contributed by atoms with Gasteiger partial charge in [0, 0.05) is 35.6 Å². The summed E-state index contributed by atoms with van der Waals surface area (Å²) in [4.78, 5) is 27.7. The summed E-state index contributed by atoms with van der Waals surface area (Å²) in [5, 5.41) is 6.92. The van der Waals surface area contributed by atoms with Crippen LogP contribution in [0, 0.1) is 0 Å². The van der Waals surface area contributed by atoms with Crippen LogP contribution in [0.4, 0.5) is 21.0 Å². The molecule has 1 aliphatic carbocycles. The Balaban J connectivity index is 0.000000454. The summed E-state index contributed by atoms with van der Waals surface area (Å²) < 4.78 is 4.39. The quantitative estimate of drug-likeness (QED) is 0.291. The van der Waals surface area contributed by atoms with Gasteiger partial charge in [-0.25, -0.2) is 14.6 Å². The molecule has 4 rings (SSSR count). The maximum Gasteiger partial charge on any atom is 0.404 e. The Morgan fingerprint density at radius 3 is 2.44 bits per heavy atom. The van der Waals surface area contributed by atoms with E-state index in [1.165, 1.54) is 37.1 Å². The number of thiazole rings is 1. The molecule has 3 aromatic rings. The average molecular weight is 510 g/mol. The number of aromatic nitrogens is 1. The molecule has 0 bridgehead atoms. The van der Waals surface area contributed by atoms with Crippen LogP contribution >= 0.6 is 11.3 Å². The highest BCUT2D eigenvalue weighted by atomic mass is 32.1. The predicted octanol–water partition coefficient (Wildman–Crippen LogP) is 6.25. The van der Waals surface area contributed by atoms with E-state index < -0.39 is 6.09 Å². The van der Waals surface area contributed by atoms with Gasteiger partial charge in [-0.05, 0) is 50.5 Å². The average Bonchev–Trinajstić information content (AvgIpc) is 3.34. The number of nitrogen functional groups attached to an aromatic ring is 1. The molecule has 192 valence electrons. The zero-order valence-corrected chi connectivity index (χ0v) is 21.6. The highest BCUT2D eigenvalue weighted by molar-refractivity contribution is 7.15. The lowest BCUT2D eigenvalue weighted by Crippen LogP contribution is -2.28. The number of carbonyl (C=O) groups is 2. The van der Waals surface area contributed by atoms with Crippen LogP contribution in [0.2, 0.25) is 0 Å². The van der Waals surface area contributed by atoms with Gasteiger partial charge in [-0.15, -0.1) is 11.3 Å². The number of ether oxygens (including phenoxy) is 1. The molecule has 0 radical (unpaired) electrons. The van der Waals surface area contributed by atoms with Gasteiger partial charge in [0.2, 0.25) is 0 Å². The summed E-state index contributed by atoms with van der Waals surface area (Å²) in [6, 6.07) is 15.2. The number of hydrogen-bond donors (Lipinski definition) is 4. The normalized spacial score (nSPS) is 13.4. The van der Waals surface area contributed by atoms with Gasteiger partial charge in [0.15, 0.2) is 0 Å². The molecule has 6 N–H and O–H groups in total. The van der Waals surface area contributed by atoms with Gasteiger partial charge in [-0.1, -0.05) is 49.6 Å². The van der Waals surface area contributed by atoms with Crippen molar-refractivity contribution in [2.75, 3.05) is 11.1 Å². The molecule has 0 saturated heterocycles. The third-order valence-electron chi connectivity index (χ3n) is 5.70. The van der Waals surface area contributed by atoms with Crippen molar-refractivity contribution in [3.63, 3.8) is 0 Å². The van der Waals surface area contributed by atoms with Crippen molar-refractivity contribution in [1.82, 2.24) is 10.3 Å². The maximum absolute atomic E-state index is 12.2. The maximum atomic E-state index is 12.2. The first-order chi connectivity index (χ1) is 17.3. The minimum atomic E-state index is -0.713. The molecule has 0 unspecified atom stereocenters. The lowest BCUT2D eigenvalue weighted by molar-refractivity contribution is 0.125.